The van der Waals surface area contributed by atoms with Crippen LogP contribution in [0.4, 0.5) is 0 Å². The SMILES string of the molecule is Cc1ccc2c(c1)OC(c1ccc3c(c1)OCCCO3)CC2=O. The van der Waals surface area contributed by atoms with Gasteiger partial charge in [0, 0.05) is 6.42 Å². The van der Waals surface area contributed by atoms with Gasteiger partial charge in [0.2, 0.25) is 0 Å². The van der Waals surface area contributed by atoms with Gasteiger partial charge in [0.05, 0.1) is 25.2 Å². The molecule has 4 rings (SSSR count). The number of benzene rings is 2. The van der Waals surface area contributed by atoms with Gasteiger partial charge in [-0.15, -0.1) is 0 Å². The maximum Gasteiger partial charge on any atom is 0.170 e. The van der Waals surface area contributed by atoms with Crippen LogP contribution in [-0.4, -0.2) is 19.0 Å². The molecule has 0 aromatic heterocycles. The molecule has 0 spiro atoms. The number of ether oxygens (including phenoxy) is 3. The number of ketones is 1. The van der Waals surface area contributed by atoms with E-state index in [0.29, 0.717) is 30.9 Å². The van der Waals surface area contributed by atoms with E-state index in [2.05, 4.69) is 0 Å². The average Bonchev–Trinajstić information content (AvgIpc) is 2.78. The molecule has 0 saturated carbocycles. The molecule has 2 heterocycles. The molecule has 23 heavy (non-hydrogen) atoms. The van der Waals surface area contributed by atoms with Crippen molar-refractivity contribution in [3.63, 3.8) is 0 Å². The van der Waals surface area contributed by atoms with Crippen molar-refractivity contribution in [3.8, 4) is 17.2 Å². The van der Waals surface area contributed by atoms with Crippen LogP contribution in [0.15, 0.2) is 36.4 Å². The lowest BCUT2D eigenvalue weighted by Crippen LogP contribution is -2.20. The predicted octanol–water partition coefficient (Wildman–Crippen LogP) is 3.86. The maximum absolute atomic E-state index is 12.4. The Morgan fingerprint density at radius 1 is 0.957 bits per heavy atom. The first kappa shape index (κ1) is 14.1. The normalized spacial score (nSPS) is 19.5. The van der Waals surface area contributed by atoms with Crippen molar-refractivity contribution in [2.45, 2.75) is 25.9 Å². The van der Waals surface area contributed by atoms with Gasteiger partial charge in [0.15, 0.2) is 17.3 Å². The van der Waals surface area contributed by atoms with Gasteiger partial charge in [-0.2, -0.15) is 0 Å². The predicted molar refractivity (Wildman–Crippen MR) is 85.5 cm³/mol. The number of Topliss-reactive ketones (excluding diaryl/α,β-unsaturated/α-hetero) is 1. The lowest BCUT2D eigenvalue weighted by atomic mass is 9.95. The molecular formula is C19H18O4. The zero-order valence-electron chi connectivity index (χ0n) is 13.0. The molecule has 2 aromatic rings. The van der Waals surface area contributed by atoms with Crippen molar-refractivity contribution in [1.82, 2.24) is 0 Å². The third-order valence-corrected chi connectivity index (χ3v) is 4.22. The molecule has 4 heteroatoms. The number of fused-ring (bicyclic) bond motifs is 2. The van der Waals surface area contributed by atoms with E-state index >= 15 is 0 Å². The zero-order valence-corrected chi connectivity index (χ0v) is 13.0. The van der Waals surface area contributed by atoms with Crippen molar-refractivity contribution in [1.29, 1.82) is 0 Å². The second-order valence-electron chi connectivity index (χ2n) is 5.99. The minimum absolute atomic E-state index is 0.114. The van der Waals surface area contributed by atoms with Crippen molar-refractivity contribution in [2.24, 2.45) is 0 Å². The van der Waals surface area contributed by atoms with E-state index in [-0.39, 0.29) is 11.9 Å². The number of hydrogen-bond acceptors (Lipinski definition) is 4. The van der Waals surface area contributed by atoms with Crippen molar-refractivity contribution >= 4 is 5.78 Å². The Morgan fingerprint density at radius 2 is 1.78 bits per heavy atom. The van der Waals surface area contributed by atoms with Crippen LogP contribution in [0.2, 0.25) is 0 Å². The van der Waals surface area contributed by atoms with Crippen LogP contribution in [0.3, 0.4) is 0 Å². The lowest BCUT2D eigenvalue weighted by molar-refractivity contribution is 0.0849. The number of aryl methyl sites for hydroxylation is 1. The third kappa shape index (κ3) is 2.65. The lowest BCUT2D eigenvalue weighted by Gasteiger charge is -2.26. The van der Waals surface area contributed by atoms with Crippen LogP contribution in [0.25, 0.3) is 0 Å². The largest absolute Gasteiger partial charge is 0.490 e. The first-order chi connectivity index (χ1) is 11.2. The Hall–Kier alpha value is -2.49. The third-order valence-electron chi connectivity index (χ3n) is 4.22. The summed E-state index contributed by atoms with van der Waals surface area (Å²) in [5.41, 5.74) is 2.69. The van der Waals surface area contributed by atoms with Gasteiger partial charge in [-0.3, -0.25) is 4.79 Å². The summed E-state index contributed by atoms with van der Waals surface area (Å²) in [5.74, 6) is 2.26. The fourth-order valence-electron chi connectivity index (χ4n) is 3.00. The quantitative estimate of drug-likeness (QED) is 0.802. The molecule has 1 unspecified atom stereocenters. The molecule has 0 radical (unpaired) electrons. The second kappa shape index (κ2) is 5.61. The molecule has 0 saturated heterocycles. The summed E-state index contributed by atoms with van der Waals surface area (Å²) in [5, 5.41) is 0. The monoisotopic (exact) mass is 310 g/mol. The molecule has 2 aliphatic rings. The van der Waals surface area contributed by atoms with Gasteiger partial charge < -0.3 is 14.2 Å². The van der Waals surface area contributed by atoms with Gasteiger partial charge in [-0.25, -0.2) is 0 Å². The van der Waals surface area contributed by atoms with E-state index in [1.807, 2.05) is 43.3 Å². The molecule has 4 nitrogen and oxygen atoms in total. The summed E-state index contributed by atoms with van der Waals surface area (Å²) in [4.78, 5) is 12.4. The molecular weight excluding hydrogens is 292 g/mol. The van der Waals surface area contributed by atoms with Crippen LogP contribution in [-0.2, 0) is 0 Å². The molecule has 1 atom stereocenters. The minimum Gasteiger partial charge on any atom is -0.490 e. The summed E-state index contributed by atoms with van der Waals surface area (Å²) in [6.45, 7) is 3.30. The van der Waals surface area contributed by atoms with Crippen LogP contribution in [0.1, 0.15) is 40.4 Å². The highest BCUT2D eigenvalue weighted by Gasteiger charge is 2.28. The molecule has 0 fully saturated rings. The summed E-state index contributed by atoms with van der Waals surface area (Å²) in [6, 6.07) is 11.5. The van der Waals surface area contributed by atoms with E-state index in [9.17, 15) is 4.79 Å². The highest BCUT2D eigenvalue weighted by molar-refractivity contribution is 6.00. The summed E-state index contributed by atoms with van der Waals surface area (Å²) in [7, 11) is 0. The molecule has 2 aliphatic heterocycles. The Bertz CT molecular complexity index is 766. The topological polar surface area (TPSA) is 44.8 Å². The molecule has 118 valence electrons. The van der Waals surface area contributed by atoms with Crippen LogP contribution in [0, 0.1) is 6.92 Å². The van der Waals surface area contributed by atoms with Crippen LogP contribution in [0.5, 0.6) is 17.2 Å². The van der Waals surface area contributed by atoms with Crippen molar-refractivity contribution in [2.75, 3.05) is 13.2 Å². The van der Waals surface area contributed by atoms with Gasteiger partial charge in [0.25, 0.3) is 0 Å². The van der Waals surface area contributed by atoms with E-state index in [0.717, 1.165) is 29.0 Å². The Balaban J connectivity index is 1.66. The van der Waals surface area contributed by atoms with E-state index in [4.69, 9.17) is 14.2 Å². The Kier molecular flexibility index (Phi) is 3.45. The molecule has 0 aliphatic carbocycles. The van der Waals surface area contributed by atoms with Crippen molar-refractivity contribution < 1.29 is 19.0 Å². The highest BCUT2D eigenvalue weighted by atomic mass is 16.5. The smallest absolute Gasteiger partial charge is 0.170 e. The second-order valence-corrected chi connectivity index (χ2v) is 5.99. The van der Waals surface area contributed by atoms with E-state index < -0.39 is 0 Å². The fourth-order valence-corrected chi connectivity index (χ4v) is 3.00. The molecule has 0 N–H and O–H groups in total. The minimum atomic E-state index is -0.283. The molecule has 2 aromatic carbocycles. The van der Waals surface area contributed by atoms with Crippen LogP contribution >= 0.6 is 0 Å². The summed E-state index contributed by atoms with van der Waals surface area (Å²) < 4.78 is 17.5. The standard InChI is InChI=1S/C19H18O4/c1-12-3-5-14-15(20)11-17(23-18(14)9-12)13-4-6-16-19(10-13)22-8-2-7-21-16/h3-6,9-10,17H,2,7-8,11H2,1H3. The Morgan fingerprint density at radius 3 is 2.65 bits per heavy atom. The summed E-state index contributed by atoms with van der Waals surface area (Å²) in [6.07, 6.45) is 0.930. The number of carbonyl (C=O) groups excluding carboxylic acids is 1. The van der Waals surface area contributed by atoms with Gasteiger partial charge in [0.1, 0.15) is 11.9 Å². The van der Waals surface area contributed by atoms with Crippen molar-refractivity contribution in [3.05, 3.63) is 53.1 Å². The Labute approximate surface area is 135 Å². The number of carbonyl (C=O) groups is 1. The maximum atomic E-state index is 12.4. The van der Waals surface area contributed by atoms with E-state index in [1.165, 1.54) is 0 Å². The molecule has 0 bridgehead atoms. The number of hydrogen-bond donors (Lipinski definition) is 0. The van der Waals surface area contributed by atoms with Gasteiger partial charge >= 0.3 is 0 Å². The van der Waals surface area contributed by atoms with Crippen LogP contribution < -0.4 is 14.2 Å². The molecule has 0 amide bonds. The van der Waals surface area contributed by atoms with E-state index in [1.54, 1.807) is 0 Å². The summed E-state index contributed by atoms with van der Waals surface area (Å²) >= 11 is 0. The first-order valence-electron chi connectivity index (χ1n) is 7.91. The first-order valence-corrected chi connectivity index (χ1v) is 7.91. The fraction of sp³-hybridized carbons (Fsp3) is 0.316. The zero-order chi connectivity index (χ0) is 15.8. The van der Waals surface area contributed by atoms with Gasteiger partial charge in [-0.05, 0) is 42.3 Å². The number of rotatable bonds is 1. The highest BCUT2D eigenvalue weighted by Crippen LogP contribution is 2.38. The van der Waals surface area contributed by atoms with Gasteiger partial charge in [-0.1, -0.05) is 12.1 Å². The average molecular weight is 310 g/mol.